The van der Waals surface area contributed by atoms with Gasteiger partial charge in [-0.2, -0.15) is 4.31 Å². The summed E-state index contributed by atoms with van der Waals surface area (Å²) in [6, 6.07) is 10.6. The predicted octanol–water partition coefficient (Wildman–Crippen LogP) is 4.40. The topological polar surface area (TPSA) is 92.3 Å². The van der Waals surface area contributed by atoms with E-state index in [0.29, 0.717) is 61.2 Å². The Bertz CT molecular complexity index is 1340. The molecule has 1 amide bonds. The number of hydrogen-bond donors (Lipinski definition) is 0. The third-order valence-corrected chi connectivity index (χ3v) is 10.4. The van der Waals surface area contributed by atoms with Crippen molar-refractivity contribution < 1.29 is 22.7 Å². The lowest BCUT2D eigenvalue weighted by molar-refractivity contribution is -0.123. The molecular weight excluding hydrogens is 536 g/mol. The number of hydrogen-bond acceptors (Lipinski definition) is 8. The average Bonchev–Trinajstić information content (AvgIpc) is 3.40. The number of likely N-dealkylation sites (N-methyl/N-ethyl adjacent to an activating group) is 1. The van der Waals surface area contributed by atoms with Crippen molar-refractivity contribution >= 4 is 42.6 Å². The summed E-state index contributed by atoms with van der Waals surface area (Å²) >= 11 is 1.41. The maximum atomic E-state index is 14.0. The Morgan fingerprint density at radius 3 is 2.21 bits per heavy atom. The number of carbonyl (C=O) groups excluding carboxylic acids is 1. The minimum atomic E-state index is -3.60. The number of piperidine rings is 1. The Labute approximate surface area is 235 Å². The van der Waals surface area contributed by atoms with Gasteiger partial charge in [-0.15, -0.1) is 0 Å². The first kappa shape index (κ1) is 29.3. The van der Waals surface area contributed by atoms with Crippen LogP contribution < -0.4 is 14.4 Å². The number of benzene rings is 2. The van der Waals surface area contributed by atoms with Crippen LogP contribution in [0.5, 0.6) is 11.5 Å². The van der Waals surface area contributed by atoms with Crippen molar-refractivity contribution in [2.75, 3.05) is 58.4 Å². The van der Waals surface area contributed by atoms with Crippen LogP contribution in [0.25, 0.3) is 10.2 Å². The zero-order chi connectivity index (χ0) is 28.2. The van der Waals surface area contributed by atoms with Crippen LogP contribution in [0.4, 0.5) is 5.13 Å². The molecule has 212 valence electrons. The first-order chi connectivity index (χ1) is 18.7. The molecule has 0 radical (unpaired) electrons. The number of methoxy groups -OCH3 is 2. The Morgan fingerprint density at radius 2 is 1.62 bits per heavy atom. The van der Waals surface area contributed by atoms with E-state index in [-0.39, 0.29) is 16.7 Å². The predicted molar refractivity (Wildman–Crippen MR) is 156 cm³/mol. The molecule has 1 saturated heterocycles. The number of rotatable bonds is 11. The molecule has 0 unspecified atom stereocenters. The summed E-state index contributed by atoms with van der Waals surface area (Å²) in [5.41, 5.74) is 1.67. The molecule has 4 rings (SSSR count). The molecule has 9 nitrogen and oxygen atoms in total. The fraction of sp³-hybridized carbons (Fsp3) is 0.500. The van der Waals surface area contributed by atoms with Gasteiger partial charge in [0.15, 0.2) is 5.13 Å². The van der Waals surface area contributed by atoms with Crippen LogP contribution in [0.2, 0.25) is 0 Å². The SMILES string of the molecule is CCN(CC)CCN(C(=O)C1CCN(S(=O)(=O)c2ccc(C)cc2)CC1)c1nc2c(OC)ccc(OC)c2s1. The second kappa shape index (κ2) is 12.6. The van der Waals surface area contributed by atoms with E-state index >= 15 is 0 Å². The van der Waals surface area contributed by atoms with E-state index in [1.165, 1.54) is 15.6 Å². The normalized spacial score (nSPS) is 15.1. The number of carbonyl (C=O) groups is 1. The molecule has 1 aliphatic rings. The summed E-state index contributed by atoms with van der Waals surface area (Å²) in [6.07, 6.45) is 0.923. The van der Waals surface area contributed by atoms with Gasteiger partial charge in [-0.25, -0.2) is 13.4 Å². The zero-order valence-electron chi connectivity index (χ0n) is 23.3. The second-order valence-corrected chi connectivity index (χ2v) is 12.6. The van der Waals surface area contributed by atoms with Gasteiger partial charge in [-0.05, 0) is 57.1 Å². The molecule has 0 atom stereocenters. The molecule has 2 aromatic carbocycles. The number of thiazole rings is 1. The lowest BCUT2D eigenvalue weighted by atomic mass is 9.96. The van der Waals surface area contributed by atoms with Gasteiger partial charge in [0.05, 0.1) is 19.1 Å². The first-order valence-corrected chi connectivity index (χ1v) is 15.6. The molecule has 0 spiro atoms. The van der Waals surface area contributed by atoms with Crippen LogP contribution in [0.3, 0.4) is 0 Å². The van der Waals surface area contributed by atoms with Crippen LogP contribution in [0, 0.1) is 12.8 Å². The molecular formula is C28H38N4O5S2. The Morgan fingerprint density at radius 1 is 1.00 bits per heavy atom. The second-order valence-electron chi connectivity index (χ2n) is 9.65. The monoisotopic (exact) mass is 574 g/mol. The van der Waals surface area contributed by atoms with Gasteiger partial charge in [0, 0.05) is 32.1 Å². The fourth-order valence-electron chi connectivity index (χ4n) is 4.89. The van der Waals surface area contributed by atoms with Gasteiger partial charge in [-0.3, -0.25) is 9.69 Å². The molecule has 1 fully saturated rings. The van der Waals surface area contributed by atoms with Crippen molar-refractivity contribution in [3.8, 4) is 11.5 Å². The number of ether oxygens (including phenoxy) is 2. The summed E-state index contributed by atoms with van der Waals surface area (Å²) in [7, 11) is -0.385. The molecule has 11 heteroatoms. The minimum Gasteiger partial charge on any atom is -0.495 e. The van der Waals surface area contributed by atoms with Gasteiger partial charge >= 0.3 is 0 Å². The van der Waals surface area contributed by atoms with Crippen molar-refractivity contribution in [3.63, 3.8) is 0 Å². The molecule has 39 heavy (non-hydrogen) atoms. The van der Waals surface area contributed by atoms with Gasteiger partial charge < -0.3 is 14.4 Å². The highest BCUT2D eigenvalue weighted by Crippen LogP contribution is 2.40. The van der Waals surface area contributed by atoms with Crippen LogP contribution in [-0.2, 0) is 14.8 Å². The Kier molecular flexibility index (Phi) is 9.47. The standard InChI is InChI=1S/C28H38N4O5S2/c1-6-30(7-2)18-19-32(28-29-25-23(36-4)12-13-24(37-5)26(25)38-28)27(33)21-14-16-31(17-15-21)39(34,35)22-10-8-20(3)9-11-22/h8-13,21H,6-7,14-19H2,1-5H3. The maximum absolute atomic E-state index is 14.0. The molecule has 1 aromatic heterocycles. The van der Waals surface area contributed by atoms with E-state index in [4.69, 9.17) is 14.5 Å². The number of sulfonamides is 1. The van der Waals surface area contributed by atoms with E-state index in [1.54, 1.807) is 43.4 Å². The highest BCUT2D eigenvalue weighted by Gasteiger charge is 2.35. The number of aryl methyl sites for hydroxylation is 1. The molecule has 0 aliphatic carbocycles. The highest BCUT2D eigenvalue weighted by atomic mass is 32.2. The van der Waals surface area contributed by atoms with E-state index in [2.05, 4.69) is 18.7 Å². The van der Waals surface area contributed by atoms with Crippen molar-refractivity contribution in [3.05, 3.63) is 42.0 Å². The van der Waals surface area contributed by atoms with Crippen LogP contribution >= 0.6 is 11.3 Å². The zero-order valence-corrected chi connectivity index (χ0v) is 25.0. The maximum Gasteiger partial charge on any atom is 0.243 e. The van der Waals surface area contributed by atoms with Crippen LogP contribution in [0.15, 0.2) is 41.3 Å². The average molecular weight is 575 g/mol. The summed E-state index contributed by atoms with van der Waals surface area (Å²) in [5, 5.41) is 0.597. The molecule has 0 bridgehead atoms. The van der Waals surface area contributed by atoms with Crippen LogP contribution in [0.1, 0.15) is 32.3 Å². The van der Waals surface area contributed by atoms with E-state index in [0.717, 1.165) is 23.4 Å². The summed E-state index contributed by atoms with van der Waals surface area (Å²) in [6.45, 7) is 9.72. The number of amides is 1. The molecule has 0 N–H and O–H groups in total. The molecule has 0 saturated carbocycles. The van der Waals surface area contributed by atoms with E-state index in [1.807, 2.05) is 19.1 Å². The lowest BCUT2D eigenvalue weighted by Crippen LogP contribution is -2.46. The summed E-state index contributed by atoms with van der Waals surface area (Å²) in [5.74, 6) is 0.993. The van der Waals surface area contributed by atoms with Crippen molar-refractivity contribution in [2.45, 2.75) is 38.5 Å². The van der Waals surface area contributed by atoms with Crippen LogP contribution in [-0.4, -0.2) is 82.0 Å². The molecule has 1 aliphatic heterocycles. The smallest absolute Gasteiger partial charge is 0.243 e. The van der Waals surface area contributed by atoms with Gasteiger partial charge in [-0.1, -0.05) is 42.9 Å². The minimum absolute atomic E-state index is 0.0217. The number of nitrogens with zero attached hydrogens (tertiary/aromatic N) is 4. The quantitative estimate of drug-likeness (QED) is 0.335. The van der Waals surface area contributed by atoms with Crippen molar-refractivity contribution in [2.24, 2.45) is 5.92 Å². The largest absolute Gasteiger partial charge is 0.495 e. The lowest BCUT2D eigenvalue weighted by Gasteiger charge is -2.33. The third-order valence-electron chi connectivity index (χ3n) is 7.39. The number of aromatic nitrogens is 1. The number of fused-ring (bicyclic) bond motifs is 1. The number of anilines is 1. The van der Waals surface area contributed by atoms with E-state index in [9.17, 15) is 13.2 Å². The third kappa shape index (κ3) is 6.21. The molecule has 2 heterocycles. The Hall–Kier alpha value is -2.73. The van der Waals surface area contributed by atoms with Crippen molar-refractivity contribution in [1.82, 2.24) is 14.2 Å². The fourth-order valence-corrected chi connectivity index (χ4v) is 7.47. The summed E-state index contributed by atoms with van der Waals surface area (Å²) < 4.78 is 39.8. The van der Waals surface area contributed by atoms with Crippen molar-refractivity contribution in [1.29, 1.82) is 0 Å². The molecule has 3 aromatic rings. The highest BCUT2D eigenvalue weighted by molar-refractivity contribution is 7.89. The van der Waals surface area contributed by atoms with Gasteiger partial charge in [0.1, 0.15) is 21.7 Å². The van der Waals surface area contributed by atoms with Gasteiger partial charge in [0.25, 0.3) is 0 Å². The summed E-state index contributed by atoms with van der Waals surface area (Å²) in [4.78, 5) is 23.1. The van der Waals surface area contributed by atoms with Gasteiger partial charge in [0.2, 0.25) is 15.9 Å². The first-order valence-electron chi connectivity index (χ1n) is 13.4. The Balaban J connectivity index is 1.58. The van der Waals surface area contributed by atoms with E-state index < -0.39 is 10.0 Å².